The summed E-state index contributed by atoms with van der Waals surface area (Å²) >= 11 is 0. The van der Waals surface area contributed by atoms with Crippen LogP contribution in [0.4, 0.5) is 4.39 Å². The molecule has 1 heterocycles. The van der Waals surface area contributed by atoms with E-state index in [-0.39, 0.29) is 24.6 Å². The number of carbonyl (C=O) groups excluding carboxylic acids is 2. The fraction of sp³-hybridized carbons (Fsp3) is 0.333. The summed E-state index contributed by atoms with van der Waals surface area (Å²) in [5, 5.41) is 11.3. The molecule has 1 unspecified atom stereocenters. The van der Waals surface area contributed by atoms with Crippen LogP contribution in [0.3, 0.4) is 0 Å². The molecule has 174 valence electrons. The number of aliphatic hydroxyl groups excluding tert-OH is 1. The number of benzene rings is 2. The van der Waals surface area contributed by atoms with Crippen molar-refractivity contribution in [2.24, 2.45) is 0 Å². The van der Waals surface area contributed by atoms with E-state index in [2.05, 4.69) is 24.7 Å². The minimum absolute atomic E-state index is 0.206. The van der Waals surface area contributed by atoms with E-state index in [4.69, 9.17) is 4.42 Å². The number of aryl methyl sites for hydroxylation is 2. The number of ether oxygens (including phenoxy) is 1. The molecule has 0 aliphatic rings. The number of furan rings is 1. The second-order valence-electron chi connectivity index (χ2n) is 8.56. The maximum absolute atomic E-state index is 13.9. The first-order valence-corrected chi connectivity index (χ1v) is 10.9. The van der Waals surface area contributed by atoms with Crippen LogP contribution >= 0.6 is 0 Å². The number of methoxy groups -OCH3 is 1. The summed E-state index contributed by atoms with van der Waals surface area (Å²) in [6, 6.07) is 8.87. The van der Waals surface area contributed by atoms with Gasteiger partial charge in [0.05, 0.1) is 13.2 Å². The number of rotatable bonds is 8. The van der Waals surface area contributed by atoms with Crippen molar-refractivity contribution >= 4 is 28.8 Å². The number of ketones is 1. The van der Waals surface area contributed by atoms with Gasteiger partial charge in [-0.25, -0.2) is 4.39 Å². The molecule has 0 aliphatic heterocycles. The molecule has 0 aliphatic carbocycles. The predicted molar refractivity (Wildman–Crippen MR) is 126 cm³/mol. The van der Waals surface area contributed by atoms with Crippen LogP contribution in [0, 0.1) is 19.7 Å². The lowest BCUT2D eigenvalue weighted by Crippen LogP contribution is -2.15. The van der Waals surface area contributed by atoms with Gasteiger partial charge < -0.3 is 14.3 Å². The molecule has 6 heteroatoms. The first-order valence-electron chi connectivity index (χ1n) is 10.9. The number of aliphatic hydroxyl groups is 1. The normalized spacial score (nSPS) is 12.6. The monoisotopic (exact) mass is 452 g/mol. The van der Waals surface area contributed by atoms with Gasteiger partial charge in [-0.15, -0.1) is 0 Å². The molecule has 5 nitrogen and oxygen atoms in total. The molecule has 2 aromatic carbocycles. The van der Waals surface area contributed by atoms with Crippen molar-refractivity contribution in [1.82, 2.24) is 0 Å². The Labute approximate surface area is 192 Å². The van der Waals surface area contributed by atoms with E-state index in [0.717, 1.165) is 33.2 Å². The van der Waals surface area contributed by atoms with E-state index in [0.29, 0.717) is 11.3 Å². The fourth-order valence-corrected chi connectivity index (χ4v) is 3.84. The zero-order valence-corrected chi connectivity index (χ0v) is 19.6. The Kier molecular flexibility index (Phi) is 7.49. The first kappa shape index (κ1) is 24.4. The largest absolute Gasteiger partial charge is 0.469 e. The van der Waals surface area contributed by atoms with Gasteiger partial charge in [0.2, 0.25) is 0 Å². The van der Waals surface area contributed by atoms with Gasteiger partial charge in [-0.3, -0.25) is 9.59 Å². The molecule has 0 fully saturated rings. The summed E-state index contributed by atoms with van der Waals surface area (Å²) in [5.74, 6) is -0.571. The molecule has 33 heavy (non-hydrogen) atoms. The van der Waals surface area contributed by atoms with Crippen LogP contribution in [0.25, 0.3) is 28.4 Å². The SMILES string of the molecule is COC(=O)CC(=O)CC(O)C=Cc1c(-c2ccc(F)c(C)c2)oc2c(C)ccc(C(C)C)c12. The highest BCUT2D eigenvalue weighted by Gasteiger charge is 2.21. The fourth-order valence-electron chi connectivity index (χ4n) is 3.84. The lowest BCUT2D eigenvalue weighted by atomic mass is 9.93. The highest BCUT2D eigenvalue weighted by Crippen LogP contribution is 2.40. The highest BCUT2D eigenvalue weighted by atomic mass is 19.1. The molecule has 0 radical (unpaired) electrons. The average Bonchev–Trinajstić information content (AvgIpc) is 3.14. The van der Waals surface area contributed by atoms with Crippen molar-refractivity contribution in [1.29, 1.82) is 0 Å². The Balaban J connectivity index is 2.10. The zero-order valence-electron chi connectivity index (χ0n) is 19.6. The van der Waals surface area contributed by atoms with Gasteiger partial charge >= 0.3 is 5.97 Å². The van der Waals surface area contributed by atoms with Crippen LogP contribution < -0.4 is 0 Å². The molecule has 3 rings (SSSR count). The van der Waals surface area contributed by atoms with Crippen molar-refractivity contribution in [2.45, 2.75) is 52.6 Å². The maximum Gasteiger partial charge on any atom is 0.313 e. The summed E-state index contributed by atoms with van der Waals surface area (Å²) in [6.07, 6.45) is 1.59. The van der Waals surface area contributed by atoms with Crippen molar-refractivity contribution in [3.63, 3.8) is 0 Å². The van der Waals surface area contributed by atoms with Gasteiger partial charge in [0.15, 0.2) is 0 Å². The average molecular weight is 453 g/mol. The number of fused-ring (bicyclic) bond motifs is 1. The number of carbonyl (C=O) groups is 2. The maximum atomic E-state index is 13.9. The van der Waals surface area contributed by atoms with Crippen LogP contribution in [0.15, 0.2) is 40.8 Å². The zero-order chi connectivity index (χ0) is 24.3. The quantitative estimate of drug-likeness (QED) is 0.341. The molecule has 0 amide bonds. The predicted octanol–water partition coefficient (Wildman–Crippen LogP) is 5.88. The van der Waals surface area contributed by atoms with Crippen molar-refractivity contribution < 1.29 is 28.2 Å². The van der Waals surface area contributed by atoms with Gasteiger partial charge in [0.25, 0.3) is 0 Å². The minimum Gasteiger partial charge on any atom is -0.469 e. The lowest BCUT2D eigenvalue weighted by molar-refractivity contribution is -0.143. The first-order chi connectivity index (χ1) is 15.6. The van der Waals surface area contributed by atoms with E-state index in [9.17, 15) is 19.1 Å². The minimum atomic E-state index is -1.08. The Bertz CT molecular complexity index is 1220. The summed E-state index contributed by atoms with van der Waals surface area (Å²) < 4.78 is 24.7. The topological polar surface area (TPSA) is 76.7 Å². The Hall–Kier alpha value is -3.25. The van der Waals surface area contributed by atoms with Crippen LogP contribution in [0.2, 0.25) is 0 Å². The highest BCUT2D eigenvalue weighted by molar-refractivity contribution is 5.99. The van der Waals surface area contributed by atoms with Crippen molar-refractivity contribution in [3.05, 3.63) is 64.5 Å². The summed E-state index contributed by atoms with van der Waals surface area (Å²) in [4.78, 5) is 23.3. The molecule has 1 N–H and O–H groups in total. The van der Waals surface area contributed by atoms with Crippen molar-refractivity contribution in [3.8, 4) is 11.3 Å². The van der Waals surface area contributed by atoms with E-state index in [1.54, 1.807) is 25.1 Å². The summed E-state index contributed by atoms with van der Waals surface area (Å²) in [7, 11) is 1.21. The molecule has 1 aromatic heterocycles. The molecular formula is C27H29FO5. The van der Waals surface area contributed by atoms with Crippen LogP contribution in [-0.2, 0) is 14.3 Å². The number of Topliss-reactive ketones (excluding diaryl/α,β-unsaturated/α-hetero) is 1. The van der Waals surface area contributed by atoms with E-state index in [1.165, 1.54) is 19.3 Å². The molecule has 0 saturated carbocycles. The van der Waals surface area contributed by atoms with Crippen LogP contribution in [0.5, 0.6) is 0 Å². The van der Waals surface area contributed by atoms with Gasteiger partial charge in [-0.2, -0.15) is 0 Å². The summed E-state index contributed by atoms with van der Waals surface area (Å²) in [6.45, 7) is 7.83. The van der Waals surface area contributed by atoms with Gasteiger partial charge in [0.1, 0.15) is 29.4 Å². The van der Waals surface area contributed by atoms with E-state index in [1.807, 2.05) is 13.0 Å². The molecule has 0 spiro atoms. The number of esters is 1. The lowest BCUT2D eigenvalue weighted by Gasteiger charge is -2.09. The molecule has 3 aromatic rings. The van der Waals surface area contributed by atoms with Gasteiger partial charge in [-0.05, 0) is 54.7 Å². The molecule has 0 bridgehead atoms. The van der Waals surface area contributed by atoms with Gasteiger partial charge in [0, 0.05) is 22.9 Å². The molecular weight excluding hydrogens is 423 g/mol. The molecule has 1 atom stereocenters. The van der Waals surface area contributed by atoms with Gasteiger partial charge in [-0.1, -0.05) is 38.1 Å². The summed E-state index contributed by atoms with van der Waals surface area (Å²) in [5.41, 5.74) is 4.74. The Morgan fingerprint density at radius 1 is 1.15 bits per heavy atom. The third-order valence-electron chi connectivity index (χ3n) is 5.64. The van der Waals surface area contributed by atoms with E-state index >= 15 is 0 Å². The van der Waals surface area contributed by atoms with E-state index < -0.39 is 17.9 Å². The van der Waals surface area contributed by atoms with Crippen LogP contribution in [-0.4, -0.2) is 30.1 Å². The third kappa shape index (κ3) is 5.40. The van der Waals surface area contributed by atoms with Crippen LogP contribution in [0.1, 0.15) is 54.9 Å². The third-order valence-corrected chi connectivity index (χ3v) is 5.64. The second kappa shape index (κ2) is 10.1. The smallest absolute Gasteiger partial charge is 0.313 e. The number of halogens is 1. The second-order valence-corrected chi connectivity index (χ2v) is 8.56. The Morgan fingerprint density at radius 2 is 1.88 bits per heavy atom. The number of hydrogen-bond donors (Lipinski definition) is 1. The number of hydrogen-bond acceptors (Lipinski definition) is 5. The van der Waals surface area contributed by atoms with Crippen molar-refractivity contribution in [2.75, 3.05) is 7.11 Å². The standard InChI is InChI=1S/C27H29FO5/c1-15(2)21-9-6-16(3)26-25(21)22(10-8-19(29)13-20(30)14-24(31)32-5)27(33-26)18-7-11-23(28)17(4)12-18/h6-12,15,19,29H,13-14H2,1-5H3. The Morgan fingerprint density at radius 3 is 2.52 bits per heavy atom. The molecule has 0 saturated heterocycles.